The van der Waals surface area contributed by atoms with Gasteiger partial charge < -0.3 is 9.47 Å². The van der Waals surface area contributed by atoms with Gasteiger partial charge in [0.05, 0.1) is 23.3 Å². The molecule has 0 aliphatic rings. The van der Waals surface area contributed by atoms with Crippen molar-refractivity contribution in [1.29, 1.82) is 0 Å². The second-order valence-corrected chi connectivity index (χ2v) is 5.90. The molecule has 0 spiro atoms. The first-order valence-corrected chi connectivity index (χ1v) is 8.33. The Morgan fingerprint density at radius 3 is 2.39 bits per heavy atom. The van der Waals surface area contributed by atoms with Gasteiger partial charge in [-0.2, -0.15) is 0 Å². The number of thioether (sulfide) groups is 1. The van der Waals surface area contributed by atoms with Gasteiger partial charge in [0.15, 0.2) is 0 Å². The Hall–Kier alpha value is -1.98. The van der Waals surface area contributed by atoms with Crippen molar-refractivity contribution in [2.24, 2.45) is 0 Å². The van der Waals surface area contributed by atoms with E-state index in [0.717, 1.165) is 10.5 Å². The number of halogens is 1. The van der Waals surface area contributed by atoms with Gasteiger partial charge in [-0.05, 0) is 42.2 Å². The van der Waals surface area contributed by atoms with E-state index < -0.39 is 11.9 Å². The van der Waals surface area contributed by atoms with E-state index in [-0.39, 0.29) is 6.61 Å². The molecule has 6 heteroatoms. The molecule has 0 heterocycles. The van der Waals surface area contributed by atoms with Gasteiger partial charge in [-0.15, -0.1) is 11.8 Å². The zero-order valence-corrected chi connectivity index (χ0v) is 14.2. The molecule has 2 aromatic carbocycles. The van der Waals surface area contributed by atoms with Crippen LogP contribution in [0.2, 0.25) is 5.02 Å². The van der Waals surface area contributed by atoms with Gasteiger partial charge >= 0.3 is 11.9 Å². The average Bonchev–Trinajstić information content (AvgIpc) is 2.59. The maximum Gasteiger partial charge on any atom is 0.340 e. The second kappa shape index (κ2) is 8.04. The molecule has 0 fully saturated rings. The van der Waals surface area contributed by atoms with Crippen LogP contribution in [0.5, 0.6) is 0 Å². The van der Waals surface area contributed by atoms with Crippen molar-refractivity contribution in [3.05, 3.63) is 64.2 Å². The summed E-state index contributed by atoms with van der Waals surface area (Å²) in [7, 11) is 1.32. The lowest BCUT2D eigenvalue weighted by molar-refractivity contribution is 0.0471. The van der Waals surface area contributed by atoms with E-state index in [0.29, 0.717) is 16.1 Å². The van der Waals surface area contributed by atoms with Crippen LogP contribution >= 0.6 is 23.4 Å². The number of ether oxygens (including phenoxy) is 2. The van der Waals surface area contributed by atoms with Crippen LogP contribution in [0.25, 0.3) is 0 Å². The summed E-state index contributed by atoms with van der Waals surface area (Å²) < 4.78 is 9.90. The lowest BCUT2D eigenvalue weighted by atomic mass is 10.1. The Kier molecular flexibility index (Phi) is 6.07. The van der Waals surface area contributed by atoms with Gasteiger partial charge in [0.1, 0.15) is 6.61 Å². The molecule has 0 atom stereocenters. The Morgan fingerprint density at radius 1 is 1.09 bits per heavy atom. The Morgan fingerprint density at radius 2 is 1.78 bits per heavy atom. The molecule has 0 saturated heterocycles. The van der Waals surface area contributed by atoms with Crippen molar-refractivity contribution in [3.63, 3.8) is 0 Å². The van der Waals surface area contributed by atoms with Gasteiger partial charge in [0.2, 0.25) is 0 Å². The molecular formula is C17H15ClO4S. The summed E-state index contributed by atoms with van der Waals surface area (Å²) in [5.41, 5.74) is 1.55. The maximum atomic E-state index is 12.1. The van der Waals surface area contributed by atoms with Crippen molar-refractivity contribution >= 4 is 35.3 Å². The lowest BCUT2D eigenvalue weighted by Crippen LogP contribution is -2.07. The van der Waals surface area contributed by atoms with Crippen molar-refractivity contribution < 1.29 is 19.1 Å². The third-order valence-electron chi connectivity index (χ3n) is 3.14. The fraction of sp³-hybridized carbons (Fsp3) is 0.176. The maximum absolute atomic E-state index is 12.1. The first-order valence-electron chi connectivity index (χ1n) is 6.73. The summed E-state index contributed by atoms with van der Waals surface area (Å²) in [6, 6.07) is 11.9. The van der Waals surface area contributed by atoms with Crippen molar-refractivity contribution in [2.75, 3.05) is 13.4 Å². The number of hydrogen-bond donors (Lipinski definition) is 0. The lowest BCUT2D eigenvalue weighted by Gasteiger charge is -2.08. The van der Waals surface area contributed by atoms with E-state index in [1.807, 2.05) is 12.3 Å². The van der Waals surface area contributed by atoms with E-state index in [1.165, 1.54) is 18.9 Å². The van der Waals surface area contributed by atoms with Crippen molar-refractivity contribution in [1.82, 2.24) is 0 Å². The summed E-state index contributed by atoms with van der Waals surface area (Å²) >= 11 is 7.56. The Bertz CT molecular complexity index is 713. The molecular weight excluding hydrogens is 336 g/mol. The van der Waals surface area contributed by atoms with Crippen LogP contribution < -0.4 is 0 Å². The first kappa shape index (κ1) is 17.4. The smallest absolute Gasteiger partial charge is 0.340 e. The van der Waals surface area contributed by atoms with Crippen LogP contribution in [0.1, 0.15) is 26.3 Å². The molecule has 0 radical (unpaired) electrons. The topological polar surface area (TPSA) is 52.6 Å². The van der Waals surface area contributed by atoms with Gasteiger partial charge in [0.25, 0.3) is 0 Å². The molecule has 0 amide bonds. The van der Waals surface area contributed by atoms with Crippen LogP contribution in [0, 0.1) is 0 Å². The molecule has 2 rings (SSSR count). The van der Waals surface area contributed by atoms with Crippen molar-refractivity contribution in [2.45, 2.75) is 11.5 Å². The average molecular weight is 351 g/mol. The number of carbonyl (C=O) groups is 2. The van der Waals surface area contributed by atoms with Gasteiger partial charge in [-0.3, -0.25) is 0 Å². The highest BCUT2D eigenvalue weighted by molar-refractivity contribution is 7.98. The number of esters is 2. The summed E-state index contributed by atoms with van der Waals surface area (Å²) in [4.78, 5) is 24.4. The monoisotopic (exact) mass is 350 g/mol. The van der Waals surface area contributed by atoms with E-state index in [9.17, 15) is 9.59 Å². The van der Waals surface area contributed by atoms with Crippen LogP contribution in [0.15, 0.2) is 47.4 Å². The molecule has 120 valence electrons. The van der Waals surface area contributed by atoms with Crippen LogP contribution in [0.3, 0.4) is 0 Å². The van der Waals surface area contributed by atoms with Crippen LogP contribution in [0.4, 0.5) is 0 Å². The highest BCUT2D eigenvalue weighted by atomic mass is 35.5. The SMILES string of the molecule is COC(=O)c1ccc(COC(=O)c2cc(SC)ccc2Cl)cc1. The number of benzene rings is 2. The highest BCUT2D eigenvalue weighted by Crippen LogP contribution is 2.24. The van der Waals surface area contributed by atoms with Crippen molar-refractivity contribution in [3.8, 4) is 0 Å². The number of methoxy groups -OCH3 is 1. The summed E-state index contributed by atoms with van der Waals surface area (Å²) in [5.74, 6) is -0.892. The summed E-state index contributed by atoms with van der Waals surface area (Å²) in [5, 5.41) is 0.355. The molecule has 0 unspecified atom stereocenters. The predicted molar refractivity (Wildman–Crippen MR) is 90.1 cm³/mol. The summed E-state index contributed by atoms with van der Waals surface area (Å²) in [6.07, 6.45) is 1.92. The largest absolute Gasteiger partial charge is 0.465 e. The molecule has 0 bridgehead atoms. The fourth-order valence-electron chi connectivity index (χ4n) is 1.87. The fourth-order valence-corrected chi connectivity index (χ4v) is 2.50. The van der Waals surface area contributed by atoms with Gasteiger partial charge in [0, 0.05) is 4.90 Å². The van der Waals surface area contributed by atoms with E-state index in [1.54, 1.807) is 36.4 Å². The Labute approximate surface area is 143 Å². The van der Waals surface area contributed by atoms with Crippen LogP contribution in [-0.4, -0.2) is 25.3 Å². The molecule has 4 nitrogen and oxygen atoms in total. The predicted octanol–water partition coefficient (Wildman–Crippen LogP) is 4.21. The molecule has 0 saturated carbocycles. The van der Waals surface area contributed by atoms with E-state index in [4.69, 9.17) is 16.3 Å². The zero-order chi connectivity index (χ0) is 16.8. The quantitative estimate of drug-likeness (QED) is 0.597. The second-order valence-electron chi connectivity index (χ2n) is 4.61. The highest BCUT2D eigenvalue weighted by Gasteiger charge is 2.13. The third-order valence-corrected chi connectivity index (χ3v) is 4.19. The number of carbonyl (C=O) groups excluding carboxylic acids is 2. The molecule has 0 aromatic heterocycles. The molecule has 0 N–H and O–H groups in total. The molecule has 2 aromatic rings. The van der Waals surface area contributed by atoms with E-state index >= 15 is 0 Å². The third kappa shape index (κ3) is 4.50. The Balaban J connectivity index is 2.03. The van der Waals surface area contributed by atoms with Gasteiger partial charge in [-0.1, -0.05) is 23.7 Å². The number of rotatable bonds is 5. The normalized spacial score (nSPS) is 10.2. The van der Waals surface area contributed by atoms with E-state index in [2.05, 4.69) is 4.74 Å². The standard InChI is InChI=1S/C17H15ClO4S/c1-21-16(19)12-5-3-11(4-6-12)10-22-17(20)14-9-13(23-2)7-8-15(14)18/h3-9H,10H2,1-2H3. The molecule has 23 heavy (non-hydrogen) atoms. The minimum absolute atomic E-state index is 0.0973. The van der Waals surface area contributed by atoms with Crippen LogP contribution in [-0.2, 0) is 16.1 Å². The summed E-state index contributed by atoms with van der Waals surface area (Å²) in [6.45, 7) is 0.0973. The minimum Gasteiger partial charge on any atom is -0.465 e. The number of hydrogen-bond acceptors (Lipinski definition) is 5. The van der Waals surface area contributed by atoms with Gasteiger partial charge in [-0.25, -0.2) is 9.59 Å². The minimum atomic E-state index is -0.483. The molecule has 0 aliphatic carbocycles. The molecule has 0 aliphatic heterocycles. The first-order chi connectivity index (χ1) is 11.0. The zero-order valence-electron chi connectivity index (χ0n) is 12.7.